The molecule has 2 unspecified atom stereocenters. The Bertz CT molecular complexity index is 1250. The molecular weight excluding hydrogens is 514 g/mol. The van der Waals surface area contributed by atoms with Crippen molar-refractivity contribution in [1.29, 1.82) is 0 Å². The van der Waals surface area contributed by atoms with E-state index in [1.165, 1.54) is 44.8 Å². The van der Waals surface area contributed by atoms with Crippen LogP contribution in [0, 0.1) is 5.41 Å². The minimum absolute atomic E-state index is 0.0835. The van der Waals surface area contributed by atoms with Crippen molar-refractivity contribution in [3.05, 3.63) is 77.0 Å². The van der Waals surface area contributed by atoms with Crippen LogP contribution in [0.1, 0.15) is 106 Å². The number of esters is 1. The molecule has 0 saturated heterocycles. The van der Waals surface area contributed by atoms with Crippen molar-refractivity contribution in [2.45, 2.75) is 104 Å². The molecular formula is C34H49NO4Si. The molecule has 3 rings (SSSR count). The highest BCUT2D eigenvalue weighted by Gasteiger charge is 2.44. The molecule has 0 saturated carbocycles. The van der Waals surface area contributed by atoms with Crippen LogP contribution in [-0.4, -0.2) is 32.2 Å². The van der Waals surface area contributed by atoms with Crippen LogP contribution in [0.25, 0.3) is 10.9 Å². The van der Waals surface area contributed by atoms with E-state index < -0.39 is 21.1 Å². The Hall–Kier alpha value is -2.54. The van der Waals surface area contributed by atoms with Crippen molar-refractivity contribution >= 4 is 25.9 Å². The van der Waals surface area contributed by atoms with Crippen molar-refractivity contribution < 1.29 is 19.1 Å². The Kier molecular flexibility index (Phi) is 11.5. The second kappa shape index (κ2) is 14.4. The van der Waals surface area contributed by atoms with Gasteiger partial charge in [-0.15, -0.1) is 0 Å². The highest BCUT2D eigenvalue weighted by molar-refractivity contribution is 6.48. The molecule has 1 heterocycles. The number of carbonyl (C=O) groups is 1. The molecule has 2 atom stereocenters. The Balaban J connectivity index is 1.91. The largest absolute Gasteiger partial charge is 0.465 e. The molecule has 218 valence electrons. The number of aliphatic hydroxyl groups is 1. The molecule has 1 aromatic heterocycles. The fourth-order valence-corrected chi connectivity index (χ4v) is 7.06. The molecule has 3 aromatic rings. The minimum Gasteiger partial charge on any atom is -0.465 e. The minimum atomic E-state index is -1.36. The number of fused-ring (bicyclic) bond motifs is 1. The van der Waals surface area contributed by atoms with Gasteiger partial charge in [-0.1, -0.05) is 96.6 Å². The topological polar surface area (TPSA) is 68.7 Å². The van der Waals surface area contributed by atoms with Crippen LogP contribution >= 0.6 is 0 Å². The molecule has 1 N–H and O–H groups in total. The van der Waals surface area contributed by atoms with E-state index >= 15 is 0 Å². The first-order chi connectivity index (χ1) is 19.0. The maximum Gasteiger partial charge on any atom is 0.337 e. The predicted octanol–water partition coefficient (Wildman–Crippen LogP) is 8.29. The number of pyridine rings is 1. The number of benzene rings is 2. The molecule has 5 nitrogen and oxygen atoms in total. The molecule has 6 heteroatoms. The fraction of sp³-hybridized carbons (Fsp3) is 0.529. The number of ether oxygens (including phenoxy) is 1. The second-order valence-corrected chi connectivity index (χ2v) is 14.6. The molecule has 0 aliphatic heterocycles. The van der Waals surface area contributed by atoms with Gasteiger partial charge in [-0.25, -0.2) is 4.79 Å². The number of aliphatic hydroxyl groups excluding tert-OH is 1. The summed E-state index contributed by atoms with van der Waals surface area (Å²) in [6.07, 6.45) is 8.09. The number of hydrogen-bond acceptors (Lipinski definition) is 5. The maximum absolute atomic E-state index is 11.9. The summed E-state index contributed by atoms with van der Waals surface area (Å²) < 4.78 is 11.8. The molecule has 0 aliphatic rings. The Labute approximate surface area is 243 Å². The zero-order valence-electron chi connectivity index (χ0n) is 25.6. The number of hydrogen-bond donors (Lipinski definition) is 1. The first-order valence-electron chi connectivity index (χ1n) is 14.9. The predicted molar refractivity (Wildman–Crippen MR) is 167 cm³/mol. The van der Waals surface area contributed by atoms with Crippen molar-refractivity contribution in [3.8, 4) is 0 Å². The van der Waals surface area contributed by atoms with Gasteiger partial charge < -0.3 is 14.3 Å². The van der Waals surface area contributed by atoms with Crippen molar-refractivity contribution in [3.63, 3.8) is 0 Å². The zero-order valence-corrected chi connectivity index (χ0v) is 26.8. The van der Waals surface area contributed by atoms with Crippen LogP contribution in [-0.2, 0) is 21.2 Å². The second-order valence-electron chi connectivity index (χ2n) is 12.3. The lowest BCUT2D eigenvalue weighted by Gasteiger charge is -2.47. The van der Waals surface area contributed by atoms with Gasteiger partial charge in [0.15, 0.2) is 9.04 Å². The van der Waals surface area contributed by atoms with E-state index in [0.717, 1.165) is 29.4 Å². The highest BCUT2D eigenvalue weighted by Crippen LogP contribution is 2.47. The Morgan fingerprint density at radius 1 is 0.975 bits per heavy atom. The van der Waals surface area contributed by atoms with Gasteiger partial charge in [0, 0.05) is 17.5 Å². The highest BCUT2D eigenvalue weighted by atomic mass is 28.3. The molecule has 0 amide bonds. The van der Waals surface area contributed by atoms with Crippen LogP contribution < -0.4 is 0 Å². The van der Waals surface area contributed by atoms with Crippen LogP contribution in [0.3, 0.4) is 0 Å². The van der Waals surface area contributed by atoms with Crippen LogP contribution in [0.15, 0.2) is 54.6 Å². The van der Waals surface area contributed by atoms with E-state index in [1.54, 1.807) is 18.2 Å². The molecule has 0 fully saturated rings. The van der Waals surface area contributed by atoms with Gasteiger partial charge in [-0.2, -0.15) is 0 Å². The summed E-state index contributed by atoms with van der Waals surface area (Å²) in [5.74, 6) is -0.416. The third-order valence-corrected chi connectivity index (χ3v) is 8.72. The lowest BCUT2D eigenvalue weighted by molar-refractivity contribution is -0.0505. The third kappa shape index (κ3) is 8.02. The van der Waals surface area contributed by atoms with E-state index in [4.69, 9.17) is 14.1 Å². The maximum atomic E-state index is 11.9. The Morgan fingerprint density at radius 2 is 1.68 bits per heavy atom. The number of carbonyl (C=O) groups excluding carboxylic acids is 1. The summed E-state index contributed by atoms with van der Waals surface area (Å²) in [5, 5.41) is 12.0. The summed E-state index contributed by atoms with van der Waals surface area (Å²) in [6.45, 7) is 13.7. The third-order valence-electron chi connectivity index (χ3n) is 7.84. The van der Waals surface area contributed by atoms with Crippen LogP contribution in [0.2, 0.25) is 13.1 Å². The van der Waals surface area contributed by atoms with Gasteiger partial charge in [-0.3, -0.25) is 4.98 Å². The number of unbranched alkanes of at least 4 members (excludes halogenated alkanes) is 5. The summed E-state index contributed by atoms with van der Waals surface area (Å²) in [4.78, 5) is 16.9. The van der Waals surface area contributed by atoms with Gasteiger partial charge in [0.05, 0.1) is 29.9 Å². The summed E-state index contributed by atoms with van der Waals surface area (Å²) in [5.41, 5.74) is 3.54. The number of aromatic nitrogens is 1. The lowest BCUT2D eigenvalue weighted by Crippen LogP contribution is -2.45. The zero-order chi connectivity index (χ0) is 29.3. The average Bonchev–Trinajstić information content (AvgIpc) is 2.92. The van der Waals surface area contributed by atoms with E-state index in [-0.39, 0.29) is 11.0 Å². The normalized spacial score (nSPS) is 14.3. The quantitative estimate of drug-likeness (QED) is 0.121. The van der Waals surface area contributed by atoms with Gasteiger partial charge in [-0.05, 0) is 60.3 Å². The van der Waals surface area contributed by atoms with E-state index in [1.807, 2.05) is 12.1 Å². The van der Waals surface area contributed by atoms with Crippen LogP contribution in [0.4, 0.5) is 0 Å². The Morgan fingerprint density at radius 3 is 2.35 bits per heavy atom. The first-order valence-corrected chi connectivity index (χ1v) is 17.7. The molecule has 2 aromatic carbocycles. The summed E-state index contributed by atoms with van der Waals surface area (Å²) >= 11 is 0. The van der Waals surface area contributed by atoms with Gasteiger partial charge in [0.1, 0.15) is 0 Å². The van der Waals surface area contributed by atoms with Crippen molar-refractivity contribution in [2.24, 2.45) is 5.41 Å². The first kappa shape index (κ1) is 32.0. The lowest BCUT2D eigenvalue weighted by atomic mass is 9.69. The van der Waals surface area contributed by atoms with Crippen molar-refractivity contribution in [1.82, 2.24) is 4.98 Å². The standard InChI is InChI=1S/C34H49NO4Si/c1-8-9-10-11-12-13-21-34(33(2,3)4,39-40(6)7)28-19-17-25-18-20-29(35-30(25)23-28)24-31(36)26-15-14-16-27(22-26)32(37)38-5/h14-20,22-23,31,36,40H,8-13,21,24H2,1-7H3. The number of methoxy groups -OCH3 is 1. The molecule has 0 aliphatic carbocycles. The number of rotatable bonds is 14. The van der Waals surface area contributed by atoms with E-state index in [9.17, 15) is 9.90 Å². The average molecular weight is 564 g/mol. The fourth-order valence-electron chi connectivity index (χ4n) is 5.64. The van der Waals surface area contributed by atoms with Crippen molar-refractivity contribution in [2.75, 3.05) is 7.11 Å². The summed E-state index contributed by atoms with van der Waals surface area (Å²) in [7, 11) is -0.00599. The molecule has 0 bridgehead atoms. The van der Waals surface area contributed by atoms with Crippen LogP contribution in [0.5, 0.6) is 0 Å². The van der Waals surface area contributed by atoms with Gasteiger partial charge >= 0.3 is 5.97 Å². The smallest absolute Gasteiger partial charge is 0.337 e. The molecule has 0 spiro atoms. The van der Waals surface area contributed by atoms with Gasteiger partial charge in [0.25, 0.3) is 0 Å². The van der Waals surface area contributed by atoms with E-state index in [0.29, 0.717) is 17.5 Å². The summed E-state index contributed by atoms with van der Waals surface area (Å²) in [6, 6.07) is 17.6. The SMILES string of the molecule is CCCCCCCCC(O[SiH](C)C)(c1ccc2ccc(CC(O)c3cccc(C(=O)OC)c3)nc2c1)C(C)(C)C. The number of nitrogens with zero attached hydrogens (tertiary/aromatic N) is 1. The van der Waals surface area contributed by atoms with E-state index in [2.05, 4.69) is 65.1 Å². The molecule has 40 heavy (non-hydrogen) atoms. The monoisotopic (exact) mass is 563 g/mol. The van der Waals surface area contributed by atoms with Gasteiger partial charge in [0.2, 0.25) is 0 Å². The molecule has 0 radical (unpaired) electrons.